The Morgan fingerprint density at radius 2 is 1.42 bits per heavy atom. The van der Waals surface area contributed by atoms with Gasteiger partial charge in [-0.1, -0.05) is 42.5 Å². The largest absolute Gasteiger partial charge is 0.417 e. The summed E-state index contributed by atoms with van der Waals surface area (Å²) in [5.74, 6) is -1.88. The van der Waals surface area contributed by atoms with E-state index in [1.54, 1.807) is 24.3 Å². The van der Waals surface area contributed by atoms with E-state index in [1.807, 2.05) is 0 Å². The fourth-order valence-electron chi connectivity index (χ4n) is 3.92. The third kappa shape index (κ3) is 5.35. The summed E-state index contributed by atoms with van der Waals surface area (Å²) in [5.41, 5.74) is -2.85. The van der Waals surface area contributed by atoms with Gasteiger partial charge in [-0.2, -0.15) is 18.4 Å². The molecule has 0 fully saturated rings. The van der Waals surface area contributed by atoms with Gasteiger partial charge in [0.2, 0.25) is 0 Å². The molecule has 0 atom stereocenters. The Morgan fingerprint density at radius 3 is 1.92 bits per heavy atom. The number of sulfone groups is 1. The molecule has 0 aliphatic rings. The molecule has 11 heteroatoms. The molecule has 4 rings (SSSR count). The fraction of sp³-hybridized carbons (Fsp3) is 0.111. The third-order valence-corrected chi connectivity index (χ3v) is 6.99. The lowest BCUT2D eigenvalue weighted by molar-refractivity contribution is -0.137. The lowest BCUT2D eigenvalue weighted by atomic mass is 10.00. The highest BCUT2D eigenvalue weighted by atomic mass is 32.2. The summed E-state index contributed by atoms with van der Waals surface area (Å²) < 4.78 is 93.1. The molecule has 0 saturated heterocycles. The Kier molecular flexibility index (Phi) is 6.95. The van der Waals surface area contributed by atoms with Gasteiger partial charge in [0.25, 0.3) is 5.56 Å². The van der Waals surface area contributed by atoms with Crippen molar-refractivity contribution >= 4 is 9.84 Å². The van der Waals surface area contributed by atoms with Gasteiger partial charge in [0, 0.05) is 17.9 Å². The average Bonchev–Trinajstić information content (AvgIpc) is 2.85. The van der Waals surface area contributed by atoms with Crippen molar-refractivity contribution in [3.8, 4) is 28.5 Å². The lowest BCUT2D eigenvalue weighted by Crippen LogP contribution is -2.29. The second-order valence-electron chi connectivity index (χ2n) is 8.43. The Morgan fingerprint density at radius 1 is 0.868 bits per heavy atom. The van der Waals surface area contributed by atoms with Crippen molar-refractivity contribution in [3.63, 3.8) is 0 Å². The molecule has 0 saturated carbocycles. The van der Waals surface area contributed by atoms with Crippen molar-refractivity contribution < 1.29 is 30.4 Å². The topological polar surface area (TPSA) is 79.9 Å². The molecule has 5 nitrogen and oxygen atoms in total. The fourth-order valence-corrected chi connectivity index (χ4v) is 4.55. The van der Waals surface area contributed by atoms with Gasteiger partial charge in [0.15, 0.2) is 9.84 Å². The minimum atomic E-state index is -5.01. The molecule has 38 heavy (non-hydrogen) atoms. The molecule has 1 aromatic heterocycles. The van der Waals surface area contributed by atoms with E-state index in [9.17, 15) is 40.4 Å². The maximum atomic E-state index is 14.4. The maximum absolute atomic E-state index is 14.4. The second-order valence-corrected chi connectivity index (χ2v) is 10.4. The summed E-state index contributed by atoms with van der Waals surface area (Å²) in [6.07, 6.45) is -3.94. The van der Waals surface area contributed by atoms with Crippen LogP contribution < -0.4 is 5.56 Å². The van der Waals surface area contributed by atoms with E-state index in [0.717, 1.165) is 23.0 Å². The molecule has 0 aliphatic heterocycles. The van der Waals surface area contributed by atoms with E-state index in [4.69, 9.17) is 0 Å². The van der Waals surface area contributed by atoms with Gasteiger partial charge in [0.1, 0.15) is 23.3 Å². The average molecular weight is 545 g/mol. The van der Waals surface area contributed by atoms with Crippen LogP contribution in [0.4, 0.5) is 22.0 Å². The van der Waals surface area contributed by atoms with Gasteiger partial charge in [-0.15, -0.1) is 0 Å². The minimum Gasteiger partial charge on any atom is -0.303 e. The van der Waals surface area contributed by atoms with Crippen LogP contribution in [0.25, 0.3) is 22.4 Å². The Hall–Kier alpha value is -4.30. The van der Waals surface area contributed by atoms with Gasteiger partial charge >= 0.3 is 6.18 Å². The molecule has 0 bridgehead atoms. The summed E-state index contributed by atoms with van der Waals surface area (Å²) in [4.78, 5) is 13.2. The minimum absolute atomic E-state index is 0.118. The van der Waals surface area contributed by atoms with Crippen LogP contribution in [0.1, 0.15) is 16.7 Å². The zero-order chi connectivity index (χ0) is 27.8. The van der Waals surface area contributed by atoms with E-state index in [0.29, 0.717) is 23.3 Å². The van der Waals surface area contributed by atoms with Crippen LogP contribution in [0, 0.1) is 23.0 Å². The predicted molar refractivity (Wildman–Crippen MR) is 130 cm³/mol. The number of nitrogens with zero attached hydrogens (tertiary/aromatic N) is 2. The number of halogens is 5. The molecular weight excluding hydrogens is 527 g/mol. The number of hydrogen-bond donors (Lipinski definition) is 0. The van der Waals surface area contributed by atoms with Crippen molar-refractivity contribution in [2.24, 2.45) is 0 Å². The predicted octanol–water partition coefficient (Wildman–Crippen LogP) is 5.80. The van der Waals surface area contributed by atoms with Crippen molar-refractivity contribution in [1.82, 2.24) is 4.57 Å². The first-order valence-electron chi connectivity index (χ1n) is 10.9. The van der Waals surface area contributed by atoms with Crippen LogP contribution in [0.2, 0.25) is 0 Å². The summed E-state index contributed by atoms with van der Waals surface area (Å²) >= 11 is 0. The molecule has 0 N–H and O–H groups in total. The first kappa shape index (κ1) is 26.8. The number of hydrogen-bond acceptors (Lipinski definition) is 4. The quantitative estimate of drug-likeness (QED) is 0.298. The number of aromatic nitrogens is 1. The van der Waals surface area contributed by atoms with Crippen LogP contribution in [0.5, 0.6) is 0 Å². The summed E-state index contributed by atoms with van der Waals surface area (Å²) in [7, 11) is -3.40. The first-order valence-corrected chi connectivity index (χ1v) is 12.8. The standard InChI is InChI=1S/C27H17F5N2O3S/c1-38(36,37)21-10-7-17(8-11-21)16-2-4-18(5-3-16)25-13-23(27(30,31)32)22(14-33)26(35)34(25)15-19-6-9-20(28)12-24(19)29/h2-13H,15H2,1H3. The Balaban J connectivity index is 1.86. The van der Waals surface area contributed by atoms with Gasteiger partial charge < -0.3 is 4.57 Å². The van der Waals surface area contributed by atoms with E-state index >= 15 is 0 Å². The van der Waals surface area contributed by atoms with E-state index < -0.39 is 50.9 Å². The van der Waals surface area contributed by atoms with Gasteiger partial charge in [-0.05, 0) is 41.0 Å². The monoisotopic (exact) mass is 544 g/mol. The molecular formula is C27H17F5N2O3S. The van der Waals surface area contributed by atoms with Crippen LogP contribution in [-0.4, -0.2) is 19.2 Å². The third-order valence-electron chi connectivity index (χ3n) is 5.86. The number of nitriles is 1. The Bertz CT molecular complexity index is 1740. The van der Waals surface area contributed by atoms with Gasteiger partial charge in [-0.25, -0.2) is 17.2 Å². The normalized spacial score (nSPS) is 11.8. The molecule has 0 unspecified atom stereocenters. The molecule has 194 valence electrons. The highest BCUT2D eigenvalue weighted by Gasteiger charge is 2.36. The molecule has 0 spiro atoms. The summed E-state index contributed by atoms with van der Waals surface area (Å²) in [6.45, 7) is -0.554. The molecule has 4 aromatic rings. The second kappa shape index (κ2) is 9.87. The Labute approximate surface area is 213 Å². The molecule has 0 amide bonds. The van der Waals surface area contributed by atoms with Crippen LogP contribution in [-0.2, 0) is 22.6 Å². The van der Waals surface area contributed by atoms with Gasteiger partial charge in [-0.3, -0.25) is 4.79 Å². The zero-order valence-corrected chi connectivity index (χ0v) is 20.4. The number of rotatable bonds is 5. The van der Waals surface area contributed by atoms with Crippen molar-refractivity contribution in [2.45, 2.75) is 17.6 Å². The van der Waals surface area contributed by atoms with Crippen molar-refractivity contribution in [2.75, 3.05) is 6.26 Å². The molecule has 3 aromatic carbocycles. The summed E-state index contributed by atoms with van der Waals surface area (Å²) in [6, 6.07) is 16.5. The first-order chi connectivity index (χ1) is 17.8. The number of pyridine rings is 1. The summed E-state index contributed by atoms with van der Waals surface area (Å²) in [5, 5.41) is 9.31. The van der Waals surface area contributed by atoms with Crippen LogP contribution >= 0.6 is 0 Å². The highest BCUT2D eigenvalue weighted by molar-refractivity contribution is 7.90. The van der Waals surface area contributed by atoms with Gasteiger partial charge in [0.05, 0.1) is 22.7 Å². The van der Waals surface area contributed by atoms with Crippen molar-refractivity contribution in [1.29, 1.82) is 5.26 Å². The maximum Gasteiger partial charge on any atom is 0.417 e. The van der Waals surface area contributed by atoms with E-state index in [-0.39, 0.29) is 21.7 Å². The molecule has 0 radical (unpaired) electrons. The number of alkyl halides is 3. The van der Waals surface area contributed by atoms with Crippen molar-refractivity contribution in [3.05, 3.63) is 111 Å². The SMILES string of the molecule is CS(=O)(=O)c1ccc(-c2ccc(-c3cc(C(F)(F)F)c(C#N)c(=O)n3Cc3ccc(F)cc3F)cc2)cc1. The lowest BCUT2D eigenvalue weighted by Gasteiger charge is -2.18. The zero-order valence-electron chi connectivity index (χ0n) is 19.6. The van der Waals surface area contributed by atoms with E-state index in [1.165, 1.54) is 30.3 Å². The van der Waals surface area contributed by atoms with Crippen LogP contribution in [0.3, 0.4) is 0 Å². The van der Waals surface area contributed by atoms with Crippen LogP contribution in [0.15, 0.2) is 82.5 Å². The molecule has 1 heterocycles. The molecule has 0 aliphatic carbocycles. The van der Waals surface area contributed by atoms with E-state index in [2.05, 4.69) is 0 Å². The smallest absolute Gasteiger partial charge is 0.303 e. The highest BCUT2D eigenvalue weighted by Crippen LogP contribution is 2.34. The number of benzene rings is 3.